The number of hydrogen-bond acceptors (Lipinski definition) is 4. The predicted octanol–water partition coefficient (Wildman–Crippen LogP) is 2.44. The van der Waals surface area contributed by atoms with E-state index in [0.29, 0.717) is 16.9 Å². The molecule has 0 saturated carbocycles. The maximum Gasteiger partial charge on any atom is 0.262 e. The summed E-state index contributed by atoms with van der Waals surface area (Å²) in [4.78, 5) is 2.14. The van der Waals surface area contributed by atoms with Crippen LogP contribution in [0.25, 0.3) is 0 Å². The van der Waals surface area contributed by atoms with E-state index in [9.17, 15) is 8.42 Å². The van der Waals surface area contributed by atoms with Gasteiger partial charge in [-0.15, -0.1) is 0 Å². The predicted molar refractivity (Wildman–Crippen MR) is 87.2 cm³/mol. The van der Waals surface area contributed by atoms with Crippen molar-refractivity contribution in [2.75, 3.05) is 29.5 Å². The van der Waals surface area contributed by atoms with E-state index in [2.05, 4.69) is 4.72 Å². The number of hydrogen-bond donors (Lipinski definition) is 2. The van der Waals surface area contributed by atoms with Crippen LogP contribution in [0.1, 0.15) is 5.56 Å². The largest absolute Gasteiger partial charge is 0.399 e. The summed E-state index contributed by atoms with van der Waals surface area (Å²) in [6.07, 6.45) is 0. The number of nitrogens with one attached hydrogen (secondary N) is 1. The number of anilines is 3. The van der Waals surface area contributed by atoms with Crippen molar-refractivity contribution in [3.63, 3.8) is 0 Å². The molecule has 0 spiro atoms. The molecule has 0 radical (unpaired) electrons. The summed E-state index contributed by atoms with van der Waals surface area (Å²) in [5.41, 5.74) is 8.26. The maximum absolute atomic E-state index is 12.4. The molecule has 0 fully saturated rings. The van der Waals surface area contributed by atoms with Gasteiger partial charge in [0.05, 0.1) is 4.90 Å². The highest BCUT2D eigenvalue weighted by Gasteiger charge is 2.17. The molecular weight excluding hydrogens is 286 g/mol. The van der Waals surface area contributed by atoms with E-state index in [4.69, 9.17) is 5.73 Å². The third-order valence-electron chi connectivity index (χ3n) is 3.14. The van der Waals surface area contributed by atoms with Gasteiger partial charge in [-0.3, -0.25) is 4.72 Å². The lowest BCUT2D eigenvalue weighted by molar-refractivity contribution is 0.600. The smallest absolute Gasteiger partial charge is 0.262 e. The number of nitrogens with zero attached hydrogens (tertiary/aromatic N) is 1. The molecule has 21 heavy (non-hydrogen) atoms. The van der Waals surface area contributed by atoms with Crippen molar-refractivity contribution in [1.82, 2.24) is 0 Å². The molecule has 6 heteroatoms. The number of rotatable bonds is 4. The Morgan fingerprint density at radius 1 is 1.05 bits per heavy atom. The van der Waals surface area contributed by atoms with Crippen LogP contribution in [0.4, 0.5) is 17.1 Å². The highest BCUT2D eigenvalue weighted by Crippen LogP contribution is 2.23. The van der Waals surface area contributed by atoms with Gasteiger partial charge in [0, 0.05) is 31.2 Å². The third-order valence-corrected chi connectivity index (χ3v) is 4.66. The average molecular weight is 305 g/mol. The second-order valence-electron chi connectivity index (χ2n) is 5.07. The molecule has 0 aromatic heterocycles. The molecule has 0 bridgehead atoms. The van der Waals surface area contributed by atoms with Crippen molar-refractivity contribution in [3.8, 4) is 0 Å². The van der Waals surface area contributed by atoms with Crippen LogP contribution >= 0.6 is 0 Å². The molecule has 2 aromatic rings. The SMILES string of the molecule is Cc1ccc(N)cc1S(=O)(=O)Nc1ccc(N(C)C)cc1. The van der Waals surface area contributed by atoms with Gasteiger partial charge >= 0.3 is 0 Å². The van der Waals surface area contributed by atoms with Gasteiger partial charge in [-0.1, -0.05) is 6.07 Å². The number of nitrogen functional groups attached to an aromatic ring is 1. The number of benzene rings is 2. The Morgan fingerprint density at radius 2 is 1.67 bits per heavy atom. The maximum atomic E-state index is 12.4. The van der Waals surface area contributed by atoms with Crippen LogP contribution in [0.3, 0.4) is 0 Å². The lowest BCUT2D eigenvalue weighted by Crippen LogP contribution is -2.15. The molecule has 0 heterocycles. The zero-order chi connectivity index (χ0) is 15.6. The minimum Gasteiger partial charge on any atom is -0.399 e. The van der Waals surface area contributed by atoms with Crippen molar-refractivity contribution in [2.24, 2.45) is 0 Å². The van der Waals surface area contributed by atoms with Gasteiger partial charge < -0.3 is 10.6 Å². The second-order valence-corrected chi connectivity index (χ2v) is 6.72. The molecule has 2 aromatic carbocycles. The molecule has 3 N–H and O–H groups in total. The van der Waals surface area contributed by atoms with Crippen molar-refractivity contribution in [3.05, 3.63) is 48.0 Å². The Hall–Kier alpha value is -2.21. The quantitative estimate of drug-likeness (QED) is 0.851. The van der Waals surface area contributed by atoms with Crippen LogP contribution in [0.2, 0.25) is 0 Å². The molecule has 0 unspecified atom stereocenters. The van der Waals surface area contributed by atoms with E-state index in [1.165, 1.54) is 6.07 Å². The molecule has 2 rings (SSSR count). The Morgan fingerprint density at radius 3 is 2.24 bits per heavy atom. The van der Waals surface area contributed by atoms with Crippen LogP contribution in [-0.4, -0.2) is 22.5 Å². The van der Waals surface area contributed by atoms with Gasteiger partial charge in [0.25, 0.3) is 10.0 Å². The number of aryl methyl sites for hydroxylation is 1. The highest BCUT2D eigenvalue weighted by molar-refractivity contribution is 7.92. The minimum absolute atomic E-state index is 0.194. The first-order valence-electron chi connectivity index (χ1n) is 6.46. The average Bonchev–Trinajstić information content (AvgIpc) is 2.41. The van der Waals surface area contributed by atoms with E-state index in [-0.39, 0.29) is 4.90 Å². The van der Waals surface area contributed by atoms with Gasteiger partial charge in [-0.2, -0.15) is 0 Å². The molecule has 0 saturated heterocycles. The monoisotopic (exact) mass is 305 g/mol. The summed E-state index contributed by atoms with van der Waals surface area (Å²) >= 11 is 0. The van der Waals surface area contributed by atoms with Crippen molar-refractivity contribution in [1.29, 1.82) is 0 Å². The fourth-order valence-electron chi connectivity index (χ4n) is 1.94. The Bertz CT molecular complexity index is 738. The standard InChI is InChI=1S/C15H19N3O2S/c1-11-4-5-12(16)10-15(11)21(19,20)17-13-6-8-14(9-7-13)18(2)3/h4-10,17H,16H2,1-3H3. The first-order chi connectivity index (χ1) is 9.79. The Balaban J connectivity index is 2.31. The van der Waals surface area contributed by atoms with E-state index in [1.807, 2.05) is 31.1 Å². The normalized spacial score (nSPS) is 11.2. The van der Waals surface area contributed by atoms with Crippen LogP contribution in [0.5, 0.6) is 0 Å². The third kappa shape index (κ3) is 3.46. The zero-order valence-corrected chi connectivity index (χ0v) is 13.1. The highest BCUT2D eigenvalue weighted by atomic mass is 32.2. The molecule has 112 valence electrons. The van der Waals surface area contributed by atoms with Crippen molar-refractivity contribution >= 4 is 27.1 Å². The number of sulfonamides is 1. The summed E-state index contributed by atoms with van der Waals surface area (Å²) in [5.74, 6) is 0. The van der Waals surface area contributed by atoms with E-state index in [0.717, 1.165) is 5.69 Å². The lowest BCUT2D eigenvalue weighted by Gasteiger charge is -2.14. The van der Waals surface area contributed by atoms with Gasteiger partial charge in [-0.25, -0.2) is 8.42 Å². The van der Waals surface area contributed by atoms with E-state index in [1.54, 1.807) is 31.2 Å². The van der Waals surface area contributed by atoms with Gasteiger partial charge in [0.15, 0.2) is 0 Å². The molecule has 0 amide bonds. The van der Waals surface area contributed by atoms with Crippen LogP contribution < -0.4 is 15.4 Å². The zero-order valence-electron chi connectivity index (χ0n) is 12.3. The lowest BCUT2D eigenvalue weighted by atomic mass is 10.2. The van der Waals surface area contributed by atoms with Crippen LogP contribution in [0.15, 0.2) is 47.4 Å². The summed E-state index contributed by atoms with van der Waals surface area (Å²) in [6, 6.07) is 12.0. The topological polar surface area (TPSA) is 75.4 Å². The van der Waals surface area contributed by atoms with Crippen molar-refractivity contribution in [2.45, 2.75) is 11.8 Å². The number of nitrogens with two attached hydrogens (primary N) is 1. The van der Waals surface area contributed by atoms with E-state index < -0.39 is 10.0 Å². The Kier molecular flexibility index (Phi) is 4.09. The van der Waals surface area contributed by atoms with E-state index >= 15 is 0 Å². The van der Waals surface area contributed by atoms with Crippen LogP contribution in [0, 0.1) is 6.92 Å². The van der Waals surface area contributed by atoms with Gasteiger partial charge in [-0.05, 0) is 48.9 Å². The first-order valence-corrected chi connectivity index (χ1v) is 7.94. The molecule has 0 aliphatic heterocycles. The Labute approximate surface area is 125 Å². The molecule has 5 nitrogen and oxygen atoms in total. The summed E-state index contributed by atoms with van der Waals surface area (Å²) in [7, 11) is 0.209. The molecule has 0 atom stereocenters. The second kappa shape index (κ2) is 5.65. The summed E-state index contributed by atoms with van der Waals surface area (Å²) < 4.78 is 27.4. The fourth-order valence-corrected chi connectivity index (χ4v) is 3.28. The first kappa shape index (κ1) is 15.2. The fraction of sp³-hybridized carbons (Fsp3) is 0.200. The molecule has 0 aliphatic rings. The van der Waals surface area contributed by atoms with Crippen LogP contribution in [-0.2, 0) is 10.0 Å². The van der Waals surface area contributed by atoms with Gasteiger partial charge in [0.2, 0.25) is 0 Å². The summed E-state index contributed by atoms with van der Waals surface area (Å²) in [5, 5.41) is 0. The summed E-state index contributed by atoms with van der Waals surface area (Å²) in [6.45, 7) is 1.74. The molecule has 0 aliphatic carbocycles. The van der Waals surface area contributed by atoms with Gasteiger partial charge in [0.1, 0.15) is 0 Å². The van der Waals surface area contributed by atoms with Crippen molar-refractivity contribution < 1.29 is 8.42 Å². The molecular formula is C15H19N3O2S. The minimum atomic E-state index is -3.64.